The molecule has 0 unspecified atom stereocenters. The molecular weight excluding hydrogens is 390 g/mol. The van der Waals surface area contributed by atoms with E-state index in [1.165, 1.54) is 6.42 Å². The number of carbonyl (C=O) groups excluding carboxylic acids is 2. The number of amides is 2. The normalized spacial score (nSPS) is 24.2. The minimum atomic E-state index is -1.03. The third-order valence-electron chi connectivity index (χ3n) is 6.13. The molecule has 1 fully saturated rings. The lowest BCUT2D eigenvalue weighted by atomic mass is 9.91. The second kappa shape index (κ2) is 9.19. The van der Waals surface area contributed by atoms with Gasteiger partial charge in [0.2, 0.25) is 5.91 Å². The number of likely N-dealkylation sites (tertiary alicyclic amines) is 1. The first-order valence-electron chi connectivity index (χ1n) is 11.6. The summed E-state index contributed by atoms with van der Waals surface area (Å²) < 4.78 is 5.49. The Balaban J connectivity index is 1.70. The molecule has 0 spiro atoms. The lowest BCUT2D eigenvalue weighted by Crippen LogP contribution is -2.62. The summed E-state index contributed by atoms with van der Waals surface area (Å²) in [5.41, 5.74) is 0.547. The van der Waals surface area contributed by atoms with Crippen LogP contribution in [-0.4, -0.2) is 53.7 Å². The lowest BCUT2D eigenvalue weighted by Gasteiger charge is -2.37. The maximum absolute atomic E-state index is 13.5. The van der Waals surface area contributed by atoms with Crippen LogP contribution in [0.4, 0.5) is 4.79 Å². The van der Waals surface area contributed by atoms with Crippen molar-refractivity contribution >= 4 is 12.0 Å². The molecule has 3 rings (SSSR count). The van der Waals surface area contributed by atoms with Gasteiger partial charge in [0.25, 0.3) is 0 Å². The minimum absolute atomic E-state index is 0.00831. The second-order valence-electron chi connectivity index (χ2n) is 10.9. The van der Waals surface area contributed by atoms with Crippen LogP contribution in [0, 0.1) is 11.8 Å². The molecule has 1 aliphatic carbocycles. The van der Waals surface area contributed by atoms with E-state index in [1.807, 2.05) is 52.0 Å². The molecule has 0 radical (unpaired) electrons. The van der Waals surface area contributed by atoms with Crippen LogP contribution < -0.4 is 10.6 Å². The molecule has 2 N–H and O–H groups in total. The fourth-order valence-corrected chi connectivity index (χ4v) is 5.16. The Bertz CT molecular complexity index is 766. The predicted molar refractivity (Wildman–Crippen MR) is 123 cm³/mol. The largest absolute Gasteiger partial charge is 0.444 e. The molecule has 3 atom stereocenters. The molecule has 2 aliphatic rings. The Hall–Kier alpha value is -2.08. The second-order valence-corrected chi connectivity index (χ2v) is 10.9. The van der Waals surface area contributed by atoms with Gasteiger partial charge in [0, 0.05) is 38.5 Å². The van der Waals surface area contributed by atoms with Crippen molar-refractivity contribution in [3.8, 4) is 0 Å². The Morgan fingerprint density at radius 3 is 2.19 bits per heavy atom. The van der Waals surface area contributed by atoms with Gasteiger partial charge in [-0.25, -0.2) is 4.79 Å². The molecule has 0 bridgehead atoms. The third kappa shape index (κ3) is 6.22. The number of hydrogen-bond acceptors (Lipinski definition) is 4. The molecule has 1 aromatic rings. The number of carbonyl (C=O) groups is 2. The molecule has 31 heavy (non-hydrogen) atoms. The van der Waals surface area contributed by atoms with Crippen molar-refractivity contribution in [2.45, 2.75) is 78.0 Å². The van der Waals surface area contributed by atoms with Crippen molar-refractivity contribution in [3.05, 3.63) is 35.4 Å². The van der Waals surface area contributed by atoms with Gasteiger partial charge in [0.1, 0.15) is 11.1 Å². The number of benzene rings is 1. The molecule has 1 aliphatic heterocycles. The van der Waals surface area contributed by atoms with Crippen LogP contribution in [0.15, 0.2) is 24.3 Å². The van der Waals surface area contributed by atoms with Crippen LogP contribution in [0.1, 0.15) is 59.1 Å². The van der Waals surface area contributed by atoms with Crippen LogP contribution in [0.2, 0.25) is 0 Å². The van der Waals surface area contributed by atoms with Crippen LogP contribution in [-0.2, 0) is 22.4 Å². The summed E-state index contributed by atoms with van der Waals surface area (Å²) in [6.45, 7) is 15.1. The van der Waals surface area contributed by atoms with Gasteiger partial charge in [0.05, 0.1) is 0 Å². The zero-order valence-corrected chi connectivity index (χ0v) is 20.0. The van der Waals surface area contributed by atoms with Crippen molar-refractivity contribution in [2.24, 2.45) is 11.8 Å². The van der Waals surface area contributed by atoms with E-state index in [4.69, 9.17) is 4.74 Å². The fraction of sp³-hybridized carbons (Fsp3) is 0.680. The van der Waals surface area contributed by atoms with Crippen molar-refractivity contribution in [2.75, 3.05) is 19.6 Å². The fourth-order valence-electron chi connectivity index (χ4n) is 5.16. The van der Waals surface area contributed by atoms with Gasteiger partial charge in [-0.3, -0.25) is 4.79 Å². The standard InChI is InChI=1S/C25H39N3O3/c1-17-11-18(2)15-28(14-17)16-19(3)26-22(29)25(27-23(30)31-24(4,5)6)12-20-9-7-8-10-21(20)13-25/h7-10,17-19H,11-16H2,1-6H3,(H,26,29)(H,27,30)/t17-,18-,19-/m1/s1. The van der Waals surface area contributed by atoms with E-state index < -0.39 is 17.2 Å². The number of fused-ring (bicyclic) bond motifs is 1. The van der Waals surface area contributed by atoms with Crippen LogP contribution in [0.3, 0.4) is 0 Å². The summed E-state index contributed by atoms with van der Waals surface area (Å²) in [4.78, 5) is 28.6. The van der Waals surface area contributed by atoms with E-state index in [0.29, 0.717) is 24.7 Å². The van der Waals surface area contributed by atoms with Crippen molar-refractivity contribution in [1.29, 1.82) is 0 Å². The number of ether oxygens (including phenoxy) is 1. The van der Waals surface area contributed by atoms with E-state index in [1.54, 1.807) is 0 Å². The van der Waals surface area contributed by atoms with Gasteiger partial charge < -0.3 is 20.3 Å². The van der Waals surface area contributed by atoms with Crippen molar-refractivity contribution < 1.29 is 14.3 Å². The van der Waals surface area contributed by atoms with Crippen LogP contribution in [0.5, 0.6) is 0 Å². The lowest BCUT2D eigenvalue weighted by molar-refractivity contribution is -0.128. The molecule has 6 heteroatoms. The number of nitrogens with one attached hydrogen (secondary N) is 2. The van der Waals surface area contributed by atoms with Crippen LogP contribution in [0.25, 0.3) is 0 Å². The molecule has 1 aromatic carbocycles. The summed E-state index contributed by atoms with van der Waals surface area (Å²) in [6.07, 6.45) is 1.65. The molecular formula is C25H39N3O3. The van der Waals surface area contributed by atoms with Gasteiger partial charge in [0.15, 0.2) is 0 Å². The highest BCUT2D eigenvalue weighted by Gasteiger charge is 2.46. The van der Waals surface area contributed by atoms with Gasteiger partial charge in [-0.15, -0.1) is 0 Å². The summed E-state index contributed by atoms with van der Waals surface area (Å²) in [5, 5.41) is 6.12. The number of hydrogen-bond donors (Lipinski definition) is 2. The third-order valence-corrected chi connectivity index (χ3v) is 6.13. The maximum atomic E-state index is 13.5. The van der Waals surface area contributed by atoms with Gasteiger partial charge in [-0.2, -0.15) is 0 Å². The van der Waals surface area contributed by atoms with E-state index in [9.17, 15) is 9.59 Å². The molecule has 0 saturated carbocycles. The summed E-state index contributed by atoms with van der Waals surface area (Å²) in [7, 11) is 0. The Morgan fingerprint density at radius 2 is 1.68 bits per heavy atom. The first kappa shape index (κ1) is 23.6. The smallest absolute Gasteiger partial charge is 0.408 e. The van der Waals surface area contributed by atoms with Crippen molar-refractivity contribution in [1.82, 2.24) is 15.5 Å². The highest BCUT2D eigenvalue weighted by atomic mass is 16.6. The van der Waals surface area contributed by atoms with E-state index in [0.717, 1.165) is 30.8 Å². The average Bonchev–Trinajstić information content (AvgIpc) is 2.98. The van der Waals surface area contributed by atoms with Crippen LogP contribution >= 0.6 is 0 Å². The molecule has 2 amide bonds. The quantitative estimate of drug-likeness (QED) is 0.751. The summed E-state index contributed by atoms with van der Waals surface area (Å²) in [6, 6.07) is 8.00. The molecule has 172 valence electrons. The van der Waals surface area contributed by atoms with E-state index in [2.05, 4.69) is 29.4 Å². The highest BCUT2D eigenvalue weighted by molar-refractivity contribution is 5.92. The average molecular weight is 430 g/mol. The van der Waals surface area contributed by atoms with Gasteiger partial charge >= 0.3 is 6.09 Å². The number of alkyl carbamates (subject to hydrolysis) is 1. The number of nitrogens with zero attached hydrogens (tertiary/aromatic N) is 1. The molecule has 1 saturated heterocycles. The Labute approximate surface area is 187 Å². The van der Waals surface area contributed by atoms with E-state index in [-0.39, 0.29) is 11.9 Å². The molecule has 6 nitrogen and oxygen atoms in total. The predicted octanol–water partition coefficient (Wildman–Crippen LogP) is 3.53. The topological polar surface area (TPSA) is 70.7 Å². The summed E-state index contributed by atoms with van der Waals surface area (Å²) in [5.74, 6) is 1.22. The zero-order chi connectivity index (χ0) is 22.8. The molecule has 1 heterocycles. The van der Waals surface area contributed by atoms with Crippen molar-refractivity contribution in [3.63, 3.8) is 0 Å². The molecule has 0 aromatic heterocycles. The van der Waals surface area contributed by atoms with Gasteiger partial charge in [-0.1, -0.05) is 38.1 Å². The minimum Gasteiger partial charge on any atom is -0.444 e. The zero-order valence-electron chi connectivity index (χ0n) is 20.0. The maximum Gasteiger partial charge on any atom is 0.408 e. The number of piperidine rings is 1. The Morgan fingerprint density at radius 1 is 1.13 bits per heavy atom. The van der Waals surface area contributed by atoms with E-state index >= 15 is 0 Å². The summed E-state index contributed by atoms with van der Waals surface area (Å²) >= 11 is 0. The van der Waals surface area contributed by atoms with Gasteiger partial charge in [-0.05, 0) is 57.1 Å². The highest BCUT2D eigenvalue weighted by Crippen LogP contribution is 2.31. The number of rotatable bonds is 5. The first-order valence-corrected chi connectivity index (χ1v) is 11.6. The first-order chi connectivity index (χ1) is 14.5. The Kier molecular flexibility index (Phi) is 6.99. The monoisotopic (exact) mass is 429 g/mol. The SMILES string of the molecule is C[C@@H]1C[C@@H](C)CN(C[C@@H](C)NC(=O)C2(NC(=O)OC(C)(C)C)Cc3ccccc3C2)C1.